The second kappa shape index (κ2) is 9.67. The third-order valence-corrected chi connectivity index (χ3v) is 6.41. The van der Waals surface area contributed by atoms with Crippen molar-refractivity contribution < 1.29 is 14.6 Å². The molecule has 32 heavy (non-hydrogen) atoms. The highest BCUT2D eigenvalue weighted by molar-refractivity contribution is 5.69. The van der Waals surface area contributed by atoms with E-state index in [1.807, 2.05) is 25.1 Å². The van der Waals surface area contributed by atoms with Gasteiger partial charge in [-0.2, -0.15) is 0 Å². The maximum absolute atomic E-state index is 8.88. The van der Waals surface area contributed by atoms with Crippen LogP contribution in [0.15, 0.2) is 72.7 Å². The summed E-state index contributed by atoms with van der Waals surface area (Å²) in [5.41, 5.74) is 4.70. The summed E-state index contributed by atoms with van der Waals surface area (Å²) in [4.78, 5) is 2.48. The van der Waals surface area contributed by atoms with E-state index in [4.69, 9.17) is 14.6 Å². The number of nitrogens with zero attached hydrogens (tertiary/aromatic N) is 2. The number of nitrogens with one attached hydrogen (secondary N) is 1. The largest absolute Gasteiger partial charge is 0.497 e. The Morgan fingerprint density at radius 1 is 1.25 bits per heavy atom. The first-order valence-corrected chi connectivity index (χ1v) is 11.2. The molecule has 170 valence electrons. The van der Waals surface area contributed by atoms with Gasteiger partial charge in [0.05, 0.1) is 36.4 Å². The van der Waals surface area contributed by atoms with Crippen molar-refractivity contribution in [3.05, 3.63) is 78.4 Å². The molecule has 2 aromatic rings. The molecule has 0 unspecified atom stereocenters. The van der Waals surface area contributed by atoms with Gasteiger partial charge in [-0.15, -0.1) is 0 Å². The lowest BCUT2D eigenvalue weighted by Crippen LogP contribution is -2.49. The molecule has 4 rings (SSSR count). The Kier molecular flexibility index (Phi) is 6.72. The van der Waals surface area contributed by atoms with E-state index in [0.717, 1.165) is 55.2 Å². The summed E-state index contributed by atoms with van der Waals surface area (Å²) in [6.07, 6.45) is 10.1. The van der Waals surface area contributed by atoms with Crippen molar-refractivity contribution in [2.75, 3.05) is 45.3 Å². The lowest BCUT2D eigenvalue weighted by molar-refractivity contribution is 0.146. The molecule has 2 N–H and O–H groups in total. The highest BCUT2D eigenvalue weighted by Gasteiger charge is 2.41. The summed E-state index contributed by atoms with van der Waals surface area (Å²) < 4.78 is 13.2. The molecule has 3 heterocycles. The quantitative estimate of drug-likeness (QED) is 0.480. The number of anilines is 1. The molecule has 0 aliphatic carbocycles. The smallest absolute Gasteiger partial charge is 0.121 e. The van der Waals surface area contributed by atoms with Crippen LogP contribution in [-0.4, -0.2) is 54.5 Å². The second-order valence-electron chi connectivity index (χ2n) is 8.42. The van der Waals surface area contributed by atoms with Crippen LogP contribution in [0.1, 0.15) is 25.5 Å². The van der Waals surface area contributed by atoms with Gasteiger partial charge in [-0.25, -0.2) is 0 Å². The fourth-order valence-electron chi connectivity index (χ4n) is 4.65. The number of likely N-dealkylation sites (tertiary alicyclic amines) is 1. The fraction of sp³-hybridized carbons (Fsp3) is 0.385. The molecule has 0 amide bonds. The van der Waals surface area contributed by atoms with Crippen LogP contribution in [0.25, 0.3) is 5.69 Å². The third-order valence-electron chi connectivity index (χ3n) is 6.41. The van der Waals surface area contributed by atoms with E-state index < -0.39 is 0 Å². The maximum atomic E-state index is 8.88. The first-order chi connectivity index (χ1) is 15.6. The molecule has 1 fully saturated rings. The van der Waals surface area contributed by atoms with E-state index >= 15 is 0 Å². The molecular weight excluding hydrogens is 402 g/mol. The normalized spacial score (nSPS) is 18.0. The van der Waals surface area contributed by atoms with Gasteiger partial charge in [-0.05, 0) is 55.7 Å². The van der Waals surface area contributed by atoms with Gasteiger partial charge in [0.25, 0.3) is 0 Å². The molecule has 1 aromatic carbocycles. The average Bonchev–Trinajstić information content (AvgIpc) is 3.32. The van der Waals surface area contributed by atoms with Gasteiger partial charge in [0.1, 0.15) is 12.4 Å². The predicted molar refractivity (Wildman–Crippen MR) is 128 cm³/mol. The summed E-state index contributed by atoms with van der Waals surface area (Å²) in [7, 11) is 1.71. The van der Waals surface area contributed by atoms with Gasteiger partial charge in [0.2, 0.25) is 0 Å². The van der Waals surface area contributed by atoms with Crippen molar-refractivity contribution in [1.29, 1.82) is 0 Å². The van der Waals surface area contributed by atoms with Crippen LogP contribution in [0.3, 0.4) is 0 Å². The van der Waals surface area contributed by atoms with Crippen molar-refractivity contribution in [2.24, 2.45) is 0 Å². The van der Waals surface area contributed by atoms with E-state index in [0.29, 0.717) is 6.61 Å². The summed E-state index contributed by atoms with van der Waals surface area (Å²) in [5.74, 6) is 1.66. The van der Waals surface area contributed by atoms with Crippen LogP contribution >= 0.6 is 0 Å². The van der Waals surface area contributed by atoms with Gasteiger partial charge < -0.3 is 24.5 Å². The Labute approximate surface area is 190 Å². The summed E-state index contributed by atoms with van der Waals surface area (Å²) in [6, 6.07) is 10.6. The van der Waals surface area contributed by atoms with Crippen LogP contribution in [-0.2, 0) is 10.3 Å². The van der Waals surface area contributed by atoms with Crippen molar-refractivity contribution >= 4 is 5.69 Å². The molecule has 0 bridgehead atoms. The number of methoxy groups -OCH3 is 1. The van der Waals surface area contributed by atoms with Crippen molar-refractivity contribution in [1.82, 2.24) is 9.47 Å². The summed E-state index contributed by atoms with van der Waals surface area (Å²) in [5, 5.41) is 12.8. The zero-order chi connectivity index (χ0) is 22.6. The number of piperidine rings is 1. The highest BCUT2D eigenvalue weighted by atomic mass is 16.5. The van der Waals surface area contributed by atoms with Crippen LogP contribution in [0.4, 0.5) is 5.69 Å². The number of hydrogen-bond donors (Lipinski definition) is 2. The number of ether oxygens (including phenoxy) is 2. The van der Waals surface area contributed by atoms with Gasteiger partial charge >= 0.3 is 0 Å². The number of fused-ring (bicyclic) bond motifs is 4. The average molecular weight is 436 g/mol. The van der Waals surface area contributed by atoms with Gasteiger partial charge in [0, 0.05) is 37.6 Å². The number of aromatic nitrogens is 1. The topological polar surface area (TPSA) is 58.9 Å². The SMILES string of the molecule is C=C/C(=C\C=C(/C)OCCO)CN1CCC2(CC1)Nc1cc(OC)ccc1-n1cccc12. The van der Waals surface area contributed by atoms with Crippen LogP contribution in [0.5, 0.6) is 5.75 Å². The first-order valence-electron chi connectivity index (χ1n) is 11.2. The van der Waals surface area contributed by atoms with Crippen molar-refractivity contribution in [3.8, 4) is 11.4 Å². The van der Waals surface area contributed by atoms with Crippen LogP contribution in [0, 0.1) is 0 Å². The molecule has 0 saturated carbocycles. The zero-order valence-corrected chi connectivity index (χ0v) is 19.0. The third kappa shape index (κ3) is 4.47. The minimum Gasteiger partial charge on any atom is -0.497 e. The number of aliphatic hydroxyl groups excluding tert-OH is 1. The molecule has 1 saturated heterocycles. The Balaban J connectivity index is 1.46. The van der Waals surface area contributed by atoms with Crippen molar-refractivity contribution in [3.63, 3.8) is 0 Å². The van der Waals surface area contributed by atoms with E-state index in [1.54, 1.807) is 7.11 Å². The number of allylic oxidation sites excluding steroid dienone is 3. The van der Waals surface area contributed by atoms with Crippen LogP contribution in [0.2, 0.25) is 0 Å². The lowest BCUT2D eigenvalue weighted by atomic mass is 9.82. The monoisotopic (exact) mass is 435 g/mol. The predicted octanol–water partition coefficient (Wildman–Crippen LogP) is 4.23. The first kappa shape index (κ1) is 22.2. The molecular formula is C26H33N3O3. The van der Waals surface area contributed by atoms with Gasteiger partial charge in [0.15, 0.2) is 0 Å². The molecule has 0 atom stereocenters. The number of rotatable bonds is 8. The van der Waals surface area contributed by atoms with Crippen LogP contribution < -0.4 is 10.1 Å². The minimum absolute atomic E-state index is 0.0212. The number of aliphatic hydroxyl groups is 1. The Morgan fingerprint density at radius 3 is 2.78 bits per heavy atom. The minimum atomic E-state index is -0.0773. The molecule has 6 nitrogen and oxygen atoms in total. The van der Waals surface area contributed by atoms with Gasteiger partial charge in [-0.1, -0.05) is 18.7 Å². The number of hydrogen-bond acceptors (Lipinski definition) is 5. The highest BCUT2D eigenvalue weighted by Crippen LogP contribution is 2.44. The zero-order valence-electron chi connectivity index (χ0n) is 19.0. The standard InChI is InChI=1S/C26H33N3O3/c1-4-21(8-7-20(2)32-17-16-30)19-28-14-11-26(12-15-28)25-6-5-13-29(25)24-10-9-22(31-3)18-23(24)27-26/h4-10,13,18,27,30H,1,11-12,14-17,19H2,2-3H3/b20-7+,21-8+. The number of benzene rings is 1. The summed E-state index contributed by atoms with van der Waals surface area (Å²) in [6.45, 7) is 9.06. The maximum Gasteiger partial charge on any atom is 0.121 e. The Morgan fingerprint density at radius 2 is 2.06 bits per heavy atom. The van der Waals surface area contributed by atoms with Crippen molar-refractivity contribution in [2.45, 2.75) is 25.3 Å². The molecule has 1 spiro atoms. The Bertz CT molecular complexity index is 1010. The van der Waals surface area contributed by atoms with E-state index in [1.165, 1.54) is 11.4 Å². The molecule has 2 aliphatic heterocycles. The van der Waals surface area contributed by atoms with E-state index in [9.17, 15) is 0 Å². The second-order valence-corrected chi connectivity index (χ2v) is 8.42. The molecule has 2 aliphatic rings. The fourth-order valence-corrected chi connectivity index (χ4v) is 4.65. The molecule has 0 radical (unpaired) electrons. The lowest BCUT2D eigenvalue weighted by Gasteiger charge is -2.46. The Hall–Kier alpha value is -2.96. The molecule has 6 heteroatoms. The summed E-state index contributed by atoms with van der Waals surface area (Å²) >= 11 is 0. The molecule has 1 aromatic heterocycles. The van der Waals surface area contributed by atoms with E-state index in [-0.39, 0.29) is 12.1 Å². The van der Waals surface area contributed by atoms with Gasteiger partial charge in [-0.3, -0.25) is 4.90 Å². The van der Waals surface area contributed by atoms with E-state index in [2.05, 4.69) is 57.9 Å².